The molecule has 0 unspecified atom stereocenters. The van der Waals surface area contributed by atoms with E-state index in [0.29, 0.717) is 5.69 Å². The number of nitrogens with zero attached hydrogens (tertiary/aromatic N) is 4. The van der Waals surface area contributed by atoms with Gasteiger partial charge >= 0.3 is 0 Å². The number of amides is 1. The van der Waals surface area contributed by atoms with Gasteiger partial charge in [0.15, 0.2) is 0 Å². The number of carbonyl (C=O) groups excluding carboxylic acids is 1. The molecule has 9 heteroatoms. The Kier molecular flexibility index (Phi) is 5.26. The van der Waals surface area contributed by atoms with Crippen molar-refractivity contribution in [2.75, 3.05) is 0 Å². The molecule has 1 amide bonds. The van der Waals surface area contributed by atoms with E-state index >= 15 is 0 Å². The molecule has 1 fully saturated rings. The van der Waals surface area contributed by atoms with Gasteiger partial charge in [-0.15, -0.1) is 0 Å². The molecular formula is C22H20F3N5O. The largest absolute Gasteiger partial charge is 0.372 e. The number of aryl methyl sites for hydroxylation is 1. The van der Waals surface area contributed by atoms with Crippen molar-refractivity contribution >= 4 is 12.1 Å². The van der Waals surface area contributed by atoms with Crippen LogP contribution in [0, 0.1) is 12.7 Å². The van der Waals surface area contributed by atoms with Crippen LogP contribution in [-0.4, -0.2) is 31.3 Å². The lowest BCUT2D eigenvalue weighted by Gasteiger charge is -2.36. The molecule has 0 radical (unpaired) electrons. The summed E-state index contributed by atoms with van der Waals surface area (Å²) in [7, 11) is 0. The van der Waals surface area contributed by atoms with E-state index in [1.54, 1.807) is 24.7 Å². The lowest BCUT2D eigenvalue weighted by atomic mass is 9.87. The van der Waals surface area contributed by atoms with Crippen molar-refractivity contribution in [3.8, 4) is 22.5 Å². The molecule has 0 bridgehead atoms. The van der Waals surface area contributed by atoms with Gasteiger partial charge in [-0.2, -0.15) is 0 Å². The molecule has 0 atom stereocenters. The van der Waals surface area contributed by atoms with Crippen LogP contribution in [0.2, 0.25) is 0 Å². The van der Waals surface area contributed by atoms with Crippen molar-refractivity contribution < 1.29 is 18.0 Å². The fourth-order valence-corrected chi connectivity index (χ4v) is 3.81. The van der Waals surface area contributed by atoms with Crippen molar-refractivity contribution in [2.24, 2.45) is 5.73 Å². The number of carbonyl (C=O) groups is 1. The number of hydrogen-bond donors (Lipinski definition) is 1. The number of rotatable bonds is 3. The monoisotopic (exact) mass is 427 g/mol. The summed E-state index contributed by atoms with van der Waals surface area (Å²) in [5.74, 6) is -2.97. The highest BCUT2D eigenvalue weighted by molar-refractivity contribution is 5.79. The summed E-state index contributed by atoms with van der Waals surface area (Å²) in [5.41, 5.74) is 8.94. The summed E-state index contributed by atoms with van der Waals surface area (Å²) >= 11 is 0. The molecule has 0 aliphatic heterocycles. The van der Waals surface area contributed by atoms with Gasteiger partial charge in [-0.1, -0.05) is 0 Å². The molecule has 5 rings (SSSR count). The first-order chi connectivity index (χ1) is 14.8. The number of nitrogens with two attached hydrogens (primary N) is 1. The molecular weight excluding hydrogens is 407 g/mol. The number of pyridine rings is 1. The zero-order chi connectivity index (χ0) is 22.2. The van der Waals surface area contributed by atoms with Crippen molar-refractivity contribution in [1.82, 2.24) is 18.9 Å². The smallest absolute Gasteiger partial charge is 0.252 e. The molecule has 0 saturated heterocycles. The van der Waals surface area contributed by atoms with Gasteiger partial charge in [0.1, 0.15) is 11.5 Å². The van der Waals surface area contributed by atoms with Crippen LogP contribution >= 0.6 is 0 Å². The normalized spacial score (nSPS) is 15.2. The van der Waals surface area contributed by atoms with Crippen LogP contribution in [0.4, 0.5) is 13.2 Å². The van der Waals surface area contributed by atoms with Crippen LogP contribution in [0.15, 0.2) is 55.1 Å². The zero-order valence-electron chi connectivity index (χ0n) is 16.7. The van der Waals surface area contributed by atoms with Crippen molar-refractivity contribution in [3.05, 3.63) is 66.6 Å². The number of aromatic nitrogens is 4. The molecule has 4 aromatic rings. The van der Waals surface area contributed by atoms with Gasteiger partial charge in [-0.3, -0.25) is 4.79 Å². The summed E-state index contributed by atoms with van der Waals surface area (Å²) in [5, 5.41) is 0. The molecule has 1 aliphatic carbocycles. The third-order valence-corrected chi connectivity index (χ3v) is 5.34. The summed E-state index contributed by atoms with van der Waals surface area (Å²) < 4.78 is 44.2. The number of imidazole rings is 2. The first kappa shape index (κ1) is 20.6. The third kappa shape index (κ3) is 3.90. The fourth-order valence-electron chi connectivity index (χ4n) is 3.81. The molecule has 3 heterocycles. The Labute approximate surface area is 176 Å². The van der Waals surface area contributed by atoms with Crippen LogP contribution in [0.1, 0.15) is 24.6 Å². The van der Waals surface area contributed by atoms with Crippen LogP contribution in [0.25, 0.3) is 28.2 Å². The lowest BCUT2D eigenvalue weighted by molar-refractivity contribution is -0.107. The second-order valence-corrected chi connectivity index (χ2v) is 7.46. The maximum absolute atomic E-state index is 13.5. The zero-order valence-corrected chi connectivity index (χ0v) is 16.7. The minimum atomic E-state index is -2.63. The van der Waals surface area contributed by atoms with Gasteiger partial charge < -0.3 is 14.7 Å². The number of alkyl halides is 2. The molecule has 0 spiro atoms. The minimum absolute atomic E-state index is 0.203. The van der Waals surface area contributed by atoms with Crippen LogP contribution < -0.4 is 5.73 Å². The summed E-state index contributed by atoms with van der Waals surface area (Å²) in [6.07, 6.45) is 5.18. The highest BCUT2D eigenvalue weighted by atomic mass is 19.3. The Morgan fingerprint density at radius 3 is 2.39 bits per heavy atom. The quantitative estimate of drug-likeness (QED) is 0.493. The van der Waals surface area contributed by atoms with Gasteiger partial charge in [-0.25, -0.2) is 23.1 Å². The fraction of sp³-hybridized carbons (Fsp3) is 0.227. The molecule has 1 saturated carbocycles. The number of primary amides is 1. The van der Waals surface area contributed by atoms with Crippen molar-refractivity contribution in [2.45, 2.75) is 31.7 Å². The van der Waals surface area contributed by atoms with Gasteiger partial charge in [0, 0.05) is 48.1 Å². The van der Waals surface area contributed by atoms with E-state index in [1.165, 1.54) is 12.1 Å². The van der Waals surface area contributed by atoms with Gasteiger partial charge in [0.2, 0.25) is 6.41 Å². The van der Waals surface area contributed by atoms with Crippen LogP contribution in [0.3, 0.4) is 0 Å². The average molecular weight is 427 g/mol. The SMILES string of the molecule is Cc1cnc2ccc(-c3c(-c4ccc(F)cc4)ncn3C3CC(F)(F)C3)cn12.NC=O. The molecule has 6 nitrogen and oxygen atoms in total. The van der Waals surface area contributed by atoms with Gasteiger partial charge in [0.05, 0.1) is 17.7 Å². The number of fused-ring (bicyclic) bond motifs is 1. The van der Waals surface area contributed by atoms with Gasteiger partial charge in [0.25, 0.3) is 5.92 Å². The maximum atomic E-state index is 13.5. The highest BCUT2D eigenvalue weighted by Gasteiger charge is 2.47. The Morgan fingerprint density at radius 1 is 1.10 bits per heavy atom. The maximum Gasteiger partial charge on any atom is 0.252 e. The third-order valence-electron chi connectivity index (χ3n) is 5.34. The van der Waals surface area contributed by atoms with Crippen molar-refractivity contribution in [3.63, 3.8) is 0 Å². The number of hydrogen-bond acceptors (Lipinski definition) is 3. The van der Waals surface area contributed by atoms with E-state index in [1.807, 2.05) is 34.2 Å². The summed E-state index contributed by atoms with van der Waals surface area (Å²) in [4.78, 5) is 17.4. The minimum Gasteiger partial charge on any atom is -0.372 e. The Balaban J connectivity index is 0.000000730. The van der Waals surface area contributed by atoms with E-state index < -0.39 is 5.92 Å². The van der Waals surface area contributed by atoms with E-state index in [9.17, 15) is 13.2 Å². The molecule has 1 aromatic carbocycles. The highest BCUT2D eigenvalue weighted by Crippen LogP contribution is 2.48. The van der Waals surface area contributed by atoms with Gasteiger partial charge in [-0.05, 0) is 43.3 Å². The van der Waals surface area contributed by atoms with E-state index in [2.05, 4.69) is 15.7 Å². The Bertz CT molecular complexity index is 1220. The molecule has 3 aromatic heterocycles. The molecule has 160 valence electrons. The Hall–Kier alpha value is -3.62. The predicted molar refractivity (Wildman–Crippen MR) is 110 cm³/mol. The second kappa shape index (κ2) is 7.90. The molecule has 2 N–H and O–H groups in total. The number of halogens is 3. The first-order valence-electron chi connectivity index (χ1n) is 9.63. The predicted octanol–water partition coefficient (Wildman–Crippen LogP) is 4.38. The Morgan fingerprint density at radius 2 is 1.74 bits per heavy atom. The van der Waals surface area contributed by atoms with Crippen LogP contribution in [0.5, 0.6) is 0 Å². The summed E-state index contributed by atoms with van der Waals surface area (Å²) in [6, 6.07) is 9.55. The molecule has 1 aliphatic rings. The van der Waals surface area contributed by atoms with Crippen molar-refractivity contribution in [1.29, 1.82) is 0 Å². The topological polar surface area (TPSA) is 78.2 Å². The average Bonchev–Trinajstić information content (AvgIpc) is 3.31. The van der Waals surface area contributed by atoms with Crippen LogP contribution in [-0.2, 0) is 4.79 Å². The van der Waals surface area contributed by atoms with E-state index in [0.717, 1.165) is 28.2 Å². The first-order valence-corrected chi connectivity index (χ1v) is 9.63. The lowest BCUT2D eigenvalue weighted by Crippen LogP contribution is -2.37. The summed E-state index contributed by atoms with van der Waals surface area (Å²) in [6.45, 7) is 1.95. The van der Waals surface area contributed by atoms with E-state index in [4.69, 9.17) is 4.79 Å². The van der Waals surface area contributed by atoms with E-state index in [-0.39, 0.29) is 31.1 Å². The second-order valence-electron chi connectivity index (χ2n) is 7.46. The molecule has 31 heavy (non-hydrogen) atoms. The standard InChI is InChI=1S/C21H17F3N4.CH3NO/c1-13-10-25-18-7-4-15(11-27(13)18)20-19(14-2-5-16(22)6-3-14)26-12-28(20)17-8-21(23,24)9-17;2-1-3/h2-7,10-12,17H,8-9H2,1H3;1H,(H2,2,3). The number of benzene rings is 1.